The van der Waals surface area contributed by atoms with Gasteiger partial charge < -0.3 is 19.2 Å². The van der Waals surface area contributed by atoms with Gasteiger partial charge in [-0.25, -0.2) is 0 Å². The van der Waals surface area contributed by atoms with Gasteiger partial charge in [-0.05, 0) is 30.3 Å². The topological polar surface area (TPSA) is 119 Å². The van der Waals surface area contributed by atoms with Crippen molar-refractivity contribution in [2.45, 2.75) is 0 Å². The molecule has 1 aromatic carbocycles. The van der Waals surface area contributed by atoms with Crippen molar-refractivity contribution in [3.63, 3.8) is 0 Å². The van der Waals surface area contributed by atoms with Gasteiger partial charge in [-0.3, -0.25) is 25.2 Å². The molecule has 2 rings (SSSR count). The first-order chi connectivity index (χ1) is 12.0. The summed E-state index contributed by atoms with van der Waals surface area (Å²) in [4.78, 5) is 35.3. The number of ether oxygens (including phenoxy) is 2. The highest BCUT2D eigenvalue weighted by atomic mass is 16.5. The summed E-state index contributed by atoms with van der Waals surface area (Å²) >= 11 is 0. The zero-order chi connectivity index (χ0) is 18.2. The number of amides is 3. The zero-order valence-corrected chi connectivity index (χ0v) is 13.6. The maximum Gasteiger partial charge on any atom is 0.287 e. The molecule has 0 unspecified atom stereocenters. The number of methoxy groups -OCH3 is 2. The molecule has 9 nitrogen and oxygen atoms in total. The second-order valence-electron chi connectivity index (χ2n) is 4.73. The Balaban J connectivity index is 1.83. The van der Waals surface area contributed by atoms with E-state index in [1.54, 1.807) is 12.1 Å². The van der Waals surface area contributed by atoms with Gasteiger partial charge >= 0.3 is 0 Å². The molecular weight excluding hydrogens is 330 g/mol. The maximum absolute atomic E-state index is 12.0. The van der Waals surface area contributed by atoms with Crippen LogP contribution in [0.15, 0.2) is 41.0 Å². The largest absolute Gasteiger partial charge is 0.493 e. The number of benzene rings is 1. The van der Waals surface area contributed by atoms with Crippen LogP contribution >= 0.6 is 0 Å². The Kier molecular flexibility index (Phi) is 5.99. The van der Waals surface area contributed by atoms with Gasteiger partial charge in [0.1, 0.15) is 0 Å². The third-order valence-corrected chi connectivity index (χ3v) is 3.12. The van der Waals surface area contributed by atoms with Crippen LogP contribution in [-0.4, -0.2) is 38.5 Å². The summed E-state index contributed by atoms with van der Waals surface area (Å²) in [5, 5.41) is 2.35. The summed E-state index contributed by atoms with van der Waals surface area (Å²) in [5.41, 5.74) is 4.69. The van der Waals surface area contributed by atoms with Crippen molar-refractivity contribution in [1.82, 2.24) is 16.2 Å². The van der Waals surface area contributed by atoms with Gasteiger partial charge in [0.15, 0.2) is 17.3 Å². The van der Waals surface area contributed by atoms with E-state index in [-0.39, 0.29) is 17.9 Å². The number of hydrogen-bond acceptors (Lipinski definition) is 6. The molecule has 0 bridgehead atoms. The molecule has 0 aliphatic rings. The Morgan fingerprint density at radius 1 is 1.00 bits per heavy atom. The molecule has 1 aromatic heterocycles. The summed E-state index contributed by atoms with van der Waals surface area (Å²) in [6.45, 7) is -0.328. The summed E-state index contributed by atoms with van der Waals surface area (Å²) in [5.74, 6) is -0.746. The SMILES string of the molecule is COc1ccc(C(=O)NNC(=O)CNC(=O)c2ccco2)cc1OC. The monoisotopic (exact) mass is 347 g/mol. The Morgan fingerprint density at radius 3 is 2.40 bits per heavy atom. The number of carbonyl (C=O) groups is 3. The van der Waals surface area contributed by atoms with Gasteiger partial charge in [0.05, 0.1) is 27.0 Å². The van der Waals surface area contributed by atoms with E-state index in [1.165, 1.54) is 38.7 Å². The molecule has 0 saturated heterocycles. The maximum atomic E-state index is 12.0. The van der Waals surface area contributed by atoms with E-state index in [9.17, 15) is 14.4 Å². The van der Waals surface area contributed by atoms with E-state index in [2.05, 4.69) is 16.2 Å². The van der Waals surface area contributed by atoms with E-state index < -0.39 is 17.7 Å². The van der Waals surface area contributed by atoms with Crippen molar-refractivity contribution in [2.75, 3.05) is 20.8 Å². The highest BCUT2D eigenvalue weighted by Crippen LogP contribution is 2.27. The predicted octanol–water partition coefficient (Wildman–Crippen LogP) is 0.488. The van der Waals surface area contributed by atoms with Gasteiger partial charge in [-0.15, -0.1) is 0 Å². The number of hydrazine groups is 1. The quantitative estimate of drug-likeness (QED) is 0.654. The second-order valence-corrected chi connectivity index (χ2v) is 4.73. The molecule has 1 heterocycles. The normalized spacial score (nSPS) is 9.84. The first-order valence-corrected chi connectivity index (χ1v) is 7.18. The number of rotatable bonds is 6. The highest BCUT2D eigenvalue weighted by molar-refractivity contribution is 5.97. The molecule has 2 aromatic rings. The van der Waals surface area contributed by atoms with Crippen molar-refractivity contribution < 1.29 is 28.3 Å². The van der Waals surface area contributed by atoms with Gasteiger partial charge in [-0.1, -0.05) is 0 Å². The van der Waals surface area contributed by atoms with Crippen molar-refractivity contribution in [3.8, 4) is 11.5 Å². The summed E-state index contributed by atoms with van der Waals surface area (Å²) in [7, 11) is 2.93. The number of hydrogen-bond donors (Lipinski definition) is 3. The summed E-state index contributed by atoms with van der Waals surface area (Å²) < 4.78 is 15.1. The molecule has 25 heavy (non-hydrogen) atoms. The minimum absolute atomic E-state index is 0.0853. The van der Waals surface area contributed by atoms with Gasteiger partial charge in [0.25, 0.3) is 17.7 Å². The van der Waals surface area contributed by atoms with Crippen LogP contribution in [0, 0.1) is 0 Å². The van der Waals surface area contributed by atoms with Crippen molar-refractivity contribution in [3.05, 3.63) is 47.9 Å². The molecule has 3 amide bonds. The van der Waals surface area contributed by atoms with Crippen LogP contribution in [0.2, 0.25) is 0 Å². The Bertz CT molecular complexity index is 757. The smallest absolute Gasteiger partial charge is 0.287 e. The molecule has 0 fully saturated rings. The van der Waals surface area contributed by atoms with Crippen molar-refractivity contribution in [1.29, 1.82) is 0 Å². The molecule has 0 aliphatic heterocycles. The molecule has 0 atom stereocenters. The lowest BCUT2D eigenvalue weighted by molar-refractivity contribution is -0.120. The third kappa shape index (κ3) is 4.74. The fraction of sp³-hybridized carbons (Fsp3) is 0.188. The van der Waals surface area contributed by atoms with E-state index in [0.29, 0.717) is 11.5 Å². The number of furan rings is 1. The Labute approximate surface area is 143 Å². The zero-order valence-electron chi connectivity index (χ0n) is 13.6. The third-order valence-electron chi connectivity index (χ3n) is 3.12. The number of nitrogens with one attached hydrogen (secondary N) is 3. The first-order valence-electron chi connectivity index (χ1n) is 7.18. The average Bonchev–Trinajstić information content (AvgIpc) is 3.18. The summed E-state index contributed by atoms with van der Waals surface area (Å²) in [6, 6.07) is 7.57. The van der Waals surface area contributed by atoms with Crippen molar-refractivity contribution >= 4 is 17.7 Å². The Hall–Kier alpha value is -3.49. The minimum atomic E-state index is -0.603. The van der Waals surface area contributed by atoms with E-state index in [0.717, 1.165) is 0 Å². The lowest BCUT2D eigenvalue weighted by Crippen LogP contribution is -2.46. The first kappa shape index (κ1) is 17.9. The van der Waals surface area contributed by atoms with Gasteiger partial charge in [-0.2, -0.15) is 0 Å². The van der Waals surface area contributed by atoms with Crippen LogP contribution < -0.4 is 25.6 Å². The van der Waals surface area contributed by atoms with Crippen LogP contribution in [0.25, 0.3) is 0 Å². The fourth-order valence-electron chi connectivity index (χ4n) is 1.88. The standard InChI is InChI=1S/C16H17N3O6/c1-23-11-6-5-10(8-13(11)24-2)15(21)19-18-14(20)9-17-16(22)12-4-3-7-25-12/h3-8H,9H2,1-2H3,(H,17,22)(H,18,20)(H,19,21). The highest BCUT2D eigenvalue weighted by Gasteiger charge is 2.13. The molecule has 0 saturated carbocycles. The van der Waals surface area contributed by atoms with Crippen LogP contribution in [0.4, 0.5) is 0 Å². The Morgan fingerprint density at radius 2 is 1.76 bits per heavy atom. The van der Waals surface area contributed by atoms with Crippen molar-refractivity contribution in [2.24, 2.45) is 0 Å². The van der Waals surface area contributed by atoms with Crippen LogP contribution in [0.1, 0.15) is 20.9 Å². The molecule has 9 heteroatoms. The molecule has 0 aliphatic carbocycles. The molecular formula is C16H17N3O6. The minimum Gasteiger partial charge on any atom is -0.493 e. The predicted molar refractivity (Wildman–Crippen MR) is 86.2 cm³/mol. The average molecular weight is 347 g/mol. The molecule has 0 spiro atoms. The molecule has 3 N–H and O–H groups in total. The lowest BCUT2D eigenvalue weighted by Gasteiger charge is -2.11. The van der Waals surface area contributed by atoms with E-state index in [1.807, 2.05) is 0 Å². The van der Waals surface area contributed by atoms with Crippen LogP contribution in [0.5, 0.6) is 11.5 Å². The molecule has 0 radical (unpaired) electrons. The van der Waals surface area contributed by atoms with Gasteiger partial charge in [0.2, 0.25) is 0 Å². The summed E-state index contributed by atoms with van der Waals surface area (Å²) in [6.07, 6.45) is 1.35. The van der Waals surface area contributed by atoms with Crippen LogP contribution in [0.3, 0.4) is 0 Å². The van der Waals surface area contributed by atoms with Gasteiger partial charge in [0, 0.05) is 5.56 Å². The van der Waals surface area contributed by atoms with Crippen LogP contribution in [-0.2, 0) is 4.79 Å². The fourth-order valence-corrected chi connectivity index (χ4v) is 1.88. The van der Waals surface area contributed by atoms with E-state index in [4.69, 9.17) is 13.9 Å². The van der Waals surface area contributed by atoms with E-state index >= 15 is 0 Å². The lowest BCUT2D eigenvalue weighted by atomic mass is 10.2. The molecule has 132 valence electrons. The number of carbonyl (C=O) groups excluding carboxylic acids is 3. The second kappa shape index (κ2) is 8.39.